The van der Waals surface area contributed by atoms with Crippen molar-refractivity contribution in [2.24, 2.45) is 5.92 Å². The smallest absolute Gasteiger partial charge is 0.350 e. The average molecular weight is 414 g/mol. The lowest BCUT2D eigenvalue weighted by atomic mass is 10.0. The van der Waals surface area contributed by atoms with Crippen LogP contribution in [0.15, 0.2) is 42.5 Å². The molecule has 2 amide bonds. The number of carbonyl (C=O) groups excluding carboxylic acids is 2. The molecule has 0 fully saturated rings. The standard InChI is InChI=1S/C20H19F5N2O2/c1-11(2)17(27-18(28)16-14(21)7-4-8-15(16)22)19(29)26-10-12-5-3-6-13(9-12)20(23,24)25/h3-9,11,17H,10H2,1-2H3,(H,26,29)(H,27,28). The van der Waals surface area contributed by atoms with Gasteiger partial charge >= 0.3 is 6.18 Å². The molecule has 0 aliphatic heterocycles. The van der Waals surface area contributed by atoms with E-state index in [1.54, 1.807) is 13.8 Å². The van der Waals surface area contributed by atoms with E-state index in [-0.39, 0.29) is 12.1 Å². The normalized spacial score (nSPS) is 12.6. The third-order valence-corrected chi connectivity index (χ3v) is 4.15. The minimum Gasteiger partial charge on any atom is -0.350 e. The molecule has 1 atom stereocenters. The van der Waals surface area contributed by atoms with Crippen LogP contribution in [-0.4, -0.2) is 17.9 Å². The van der Waals surface area contributed by atoms with Gasteiger partial charge in [0.05, 0.1) is 5.56 Å². The summed E-state index contributed by atoms with van der Waals surface area (Å²) in [6.45, 7) is 2.99. The largest absolute Gasteiger partial charge is 0.416 e. The molecule has 1 unspecified atom stereocenters. The molecule has 0 saturated heterocycles. The maximum absolute atomic E-state index is 13.8. The van der Waals surface area contributed by atoms with Crippen LogP contribution in [0.4, 0.5) is 22.0 Å². The van der Waals surface area contributed by atoms with Gasteiger partial charge in [0, 0.05) is 6.54 Å². The van der Waals surface area contributed by atoms with Crippen molar-refractivity contribution in [2.75, 3.05) is 0 Å². The van der Waals surface area contributed by atoms with Crippen molar-refractivity contribution in [3.63, 3.8) is 0 Å². The SMILES string of the molecule is CC(C)C(NC(=O)c1c(F)cccc1F)C(=O)NCc1cccc(C(F)(F)F)c1. The van der Waals surface area contributed by atoms with Crippen LogP contribution in [0.1, 0.15) is 35.3 Å². The zero-order valence-electron chi connectivity index (χ0n) is 15.6. The number of halogens is 5. The highest BCUT2D eigenvalue weighted by molar-refractivity contribution is 5.98. The topological polar surface area (TPSA) is 58.2 Å². The Hall–Kier alpha value is -2.97. The Labute approximate surface area is 164 Å². The van der Waals surface area contributed by atoms with E-state index < -0.39 is 52.7 Å². The Morgan fingerprint density at radius 3 is 2.14 bits per heavy atom. The first-order valence-electron chi connectivity index (χ1n) is 8.69. The molecule has 0 bridgehead atoms. The first-order chi connectivity index (χ1) is 13.5. The predicted octanol–water partition coefficient (Wildman–Crippen LogP) is 4.05. The van der Waals surface area contributed by atoms with Crippen LogP contribution in [-0.2, 0) is 17.5 Å². The number of carbonyl (C=O) groups is 2. The molecule has 0 spiro atoms. The van der Waals surface area contributed by atoms with Crippen LogP contribution < -0.4 is 10.6 Å². The molecule has 0 aliphatic rings. The Kier molecular flexibility index (Phi) is 6.94. The van der Waals surface area contributed by atoms with Crippen molar-refractivity contribution in [1.82, 2.24) is 10.6 Å². The molecule has 0 saturated carbocycles. The molecule has 9 heteroatoms. The number of benzene rings is 2. The van der Waals surface area contributed by atoms with Crippen LogP contribution in [0.25, 0.3) is 0 Å². The Morgan fingerprint density at radius 2 is 1.59 bits per heavy atom. The predicted molar refractivity (Wildman–Crippen MR) is 95.7 cm³/mol. The summed E-state index contributed by atoms with van der Waals surface area (Å²) in [6.07, 6.45) is -4.52. The lowest BCUT2D eigenvalue weighted by Gasteiger charge is -2.22. The Balaban J connectivity index is 2.09. The van der Waals surface area contributed by atoms with E-state index in [0.717, 1.165) is 30.3 Å². The highest BCUT2D eigenvalue weighted by Crippen LogP contribution is 2.29. The highest BCUT2D eigenvalue weighted by Gasteiger charge is 2.31. The fourth-order valence-electron chi connectivity index (χ4n) is 2.62. The van der Waals surface area contributed by atoms with E-state index in [1.807, 2.05) is 0 Å². The van der Waals surface area contributed by atoms with Crippen LogP contribution in [0.5, 0.6) is 0 Å². The number of hydrogen-bond donors (Lipinski definition) is 2. The zero-order valence-corrected chi connectivity index (χ0v) is 15.6. The Morgan fingerprint density at radius 1 is 1.00 bits per heavy atom. The molecule has 2 rings (SSSR count). The van der Waals surface area contributed by atoms with E-state index in [1.165, 1.54) is 12.1 Å². The van der Waals surface area contributed by atoms with Gasteiger partial charge in [-0.2, -0.15) is 13.2 Å². The van der Waals surface area contributed by atoms with Gasteiger partial charge in [-0.1, -0.05) is 32.0 Å². The molecular weight excluding hydrogens is 395 g/mol. The molecular formula is C20H19F5N2O2. The fourth-order valence-corrected chi connectivity index (χ4v) is 2.62. The summed E-state index contributed by atoms with van der Waals surface area (Å²) in [7, 11) is 0. The maximum atomic E-state index is 13.8. The van der Waals surface area contributed by atoms with Gasteiger partial charge in [-0.05, 0) is 35.7 Å². The maximum Gasteiger partial charge on any atom is 0.416 e. The molecule has 4 nitrogen and oxygen atoms in total. The summed E-state index contributed by atoms with van der Waals surface area (Å²) >= 11 is 0. The second-order valence-corrected chi connectivity index (χ2v) is 6.71. The monoisotopic (exact) mass is 414 g/mol. The van der Waals surface area contributed by atoms with Gasteiger partial charge in [0.25, 0.3) is 5.91 Å². The molecule has 0 heterocycles. The molecule has 29 heavy (non-hydrogen) atoms. The molecule has 0 radical (unpaired) electrons. The van der Waals surface area contributed by atoms with E-state index in [9.17, 15) is 31.5 Å². The van der Waals surface area contributed by atoms with Crippen molar-refractivity contribution >= 4 is 11.8 Å². The molecule has 2 aromatic rings. The summed E-state index contributed by atoms with van der Waals surface area (Å²) in [5, 5.41) is 4.71. The molecule has 2 aromatic carbocycles. The quantitative estimate of drug-likeness (QED) is 0.701. The molecule has 0 aliphatic carbocycles. The average Bonchev–Trinajstić information content (AvgIpc) is 2.63. The van der Waals surface area contributed by atoms with Gasteiger partial charge in [0.2, 0.25) is 5.91 Å². The van der Waals surface area contributed by atoms with Crippen LogP contribution in [0.3, 0.4) is 0 Å². The van der Waals surface area contributed by atoms with Crippen LogP contribution in [0.2, 0.25) is 0 Å². The number of amides is 2. The van der Waals surface area contributed by atoms with Gasteiger partial charge in [-0.15, -0.1) is 0 Å². The fraction of sp³-hybridized carbons (Fsp3) is 0.300. The minimum atomic E-state index is -4.52. The van der Waals surface area contributed by atoms with Crippen molar-refractivity contribution in [3.05, 3.63) is 70.8 Å². The summed E-state index contributed by atoms with van der Waals surface area (Å²) in [4.78, 5) is 24.7. The molecule has 2 N–H and O–H groups in total. The van der Waals surface area contributed by atoms with Gasteiger partial charge < -0.3 is 10.6 Å². The van der Waals surface area contributed by atoms with Gasteiger partial charge in [0.15, 0.2) is 0 Å². The number of rotatable bonds is 6. The molecule has 0 aromatic heterocycles. The highest BCUT2D eigenvalue weighted by atomic mass is 19.4. The summed E-state index contributed by atoms with van der Waals surface area (Å²) < 4.78 is 65.9. The van der Waals surface area contributed by atoms with Gasteiger partial charge in [-0.3, -0.25) is 9.59 Å². The van der Waals surface area contributed by atoms with E-state index in [2.05, 4.69) is 10.6 Å². The van der Waals surface area contributed by atoms with Crippen LogP contribution in [0, 0.1) is 17.6 Å². The summed E-state index contributed by atoms with van der Waals surface area (Å²) in [5.41, 5.74) is -1.46. The third-order valence-electron chi connectivity index (χ3n) is 4.15. The Bertz CT molecular complexity index is 876. The van der Waals surface area contributed by atoms with E-state index in [4.69, 9.17) is 0 Å². The minimum absolute atomic E-state index is 0.210. The van der Waals surface area contributed by atoms with Crippen molar-refractivity contribution < 1.29 is 31.5 Å². The number of alkyl halides is 3. The second-order valence-electron chi connectivity index (χ2n) is 6.71. The second kappa shape index (κ2) is 9.02. The van der Waals surface area contributed by atoms with Crippen molar-refractivity contribution in [2.45, 2.75) is 32.6 Å². The number of hydrogen-bond acceptors (Lipinski definition) is 2. The molecule has 156 valence electrons. The zero-order chi connectivity index (χ0) is 21.8. The van der Waals surface area contributed by atoms with Gasteiger partial charge in [0.1, 0.15) is 23.2 Å². The van der Waals surface area contributed by atoms with Crippen molar-refractivity contribution in [3.8, 4) is 0 Å². The van der Waals surface area contributed by atoms with Gasteiger partial charge in [-0.25, -0.2) is 8.78 Å². The summed E-state index contributed by atoms with van der Waals surface area (Å²) in [6, 6.07) is 6.21. The van der Waals surface area contributed by atoms with E-state index >= 15 is 0 Å². The van der Waals surface area contributed by atoms with Crippen LogP contribution >= 0.6 is 0 Å². The van der Waals surface area contributed by atoms with E-state index in [0.29, 0.717) is 0 Å². The first kappa shape index (κ1) is 22.3. The lowest BCUT2D eigenvalue weighted by molar-refractivity contribution is -0.137. The third kappa shape index (κ3) is 5.75. The lowest BCUT2D eigenvalue weighted by Crippen LogP contribution is -2.49. The van der Waals surface area contributed by atoms with Crippen molar-refractivity contribution in [1.29, 1.82) is 0 Å². The number of nitrogens with one attached hydrogen (secondary N) is 2. The first-order valence-corrected chi connectivity index (χ1v) is 8.69. The summed E-state index contributed by atoms with van der Waals surface area (Å²) in [5.74, 6) is -4.39.